The lowest BCUT2D eigenvalue weighted by Crippen LogP contribution is -2.42. The van der Waals surface area contributed by atoms with Crippen molar-refractivity contribution in [2.75, 3.05) is 18.4 Å². The second-order valence-electron chi connectivity index (χ2n) is 7.48. The number of nitrogens with one attached hydrogen (secondary N) is 1. The highest BCUT2D eigenvalue weighted by molar-refractivity contribution is 5.94. The van der Waals surface area contributed by atoms with Crippen LogP contribution in [-0.2, 0) is 4.79 Å². The Kier molecular flexibility index (Phi) is 6.23. The molecule has 0 saturated carbocycles. The van der Waals surface area contributed by atoms with E-state index in [2.05, 4.69) is 63.0 Å². The van der Waals surface area contributed by atoms with Gasteiger partial charge in [0.2, 0.25) is 5.91 Å². The summed E-state index contributed by atoms with van der Waals surface area (Å²) < 4.78 is 0. The van der Waals surface area contributed by atoms with E-state index in [1.54, 1.807) is 0 Å². The molecule has 1 N–H and O–H groups in total. The molecule has 0 bridgehead atoms. The first kappa shape index (κ1) is 18.0. The number of carbonyl (C=O) groups is 1. The van der Waals surface area contributed by atoms with Crippen molar-refractivity contribution in [1.82, 2.24) is 4.90 Å². The summed E-state index contributed by atoms with van der Waals surface area (Å²) in [6.07, 6.45) is 3.69. The number of nitrogens with zero attached hydrogens (tertiary/aromatic N) is 1. The summed E-state index contributed by atoms with van der Waals surface area (Å²) >= 11 is 0. The van der Waals surface area contributed by atoms with Gasteiger partial charge in [0.25, 0.3) is 0 Å². The highest BCUT2D eigenvalue weighted by Crippen LogP contribution is 2.32. The molecule has 0 radical (unpaired) electrons. The first-order valence-corrected chi connectivity index (χ1v) is 9.06. The van der Waals surface area contributed by atoms with Crippen molar-refractivity contribution in [3.8, 4) is 0 Å². The molecule has 2 rings (SSSR count). The summed E-state index contributed by atoms with van der Waals surface area (Å²) in [5.41, 5.74) is 3.50. The summed E-state index contributed by atoms with van der Waals surface area (Å²) in [4.78, 5) is 14.9. The largest absolute Gasteiger partial charge is 0.324 e. The third-order valence-corrected chi connectivity index (χ3v) is 4.92. The lowest BCUT2D eigenvalue weighted by Gasteiger charge is -2.32. The summed E-state index contributed by atoms with van der Waals surface area (Å²) in [5.74, 6) is 0.921. The molecule has 0 spiro atoms. The Bertz CT molecular complexity index is 510. The van der Waals surface area contributed by atoms with E-state index in [9.17, 15) is 4.79 Å². The van der Waals surface area contributed by atoms with E-state index >= 15 is 0 Å². The summed E-state index contributed by atoms with van der Waals surface area (Å²) in [5, 5.41) is 3.23. The van der Waals surface area contributed by atoms with Gasteiger partial charge in [-0.25, -0.2) is 0 Å². The Labute approximate surface area is 141 Å². The van der Waals surface area contributed by atoms with E-state index in [-0.39, 0.29) is 5.91 Å². The lowest BCUT2D eigenvalue weighted by molar-refractivity contribution is -0.118. The van der Waals surface area contributed by atoms with Gasteiger partial charge in [-0.15, -0.1) is 0 Å². The number of para-hydroxylation sites is 1. The van der Waals surface area contributed by atoms with Gasteiger partial charge in [0.1, 0.15) is 0 Å². The molecule has 1 aromatic rings. The van der Waals surface area contributed by atoms with Gasteiger partial charge < -0.3 is 5.32 Å². The minimum absolute atomic E-state index is 0.119. The van der Waals surface area contributed by atoms with Crippen molar-refractivity contribution in [2.45, 2.75) is 71.8 Å². The number of rotatable bonds is 5. The highest BCUT2D eigenvalue weighted by Gasteiger charge is 2.22. The number of carbonyl (C=O) groups excluding carboxylic acids is 1. The van der Waals surface area contributed by atoms with E-state index in [1.165, 1.54) is 30.4 Å². The molecule has 3 heteroatoms. The molecular formula is C20H32N2O. The topological polar surface area (TPSA) is 32.3 Å². The van der Waals surface area contributed by atoms with Crippen LogP contribution < -0.4 is 5.32 Å². The maximum atomic E-state index is 12.6. The summed E-state index contributed by atoms with van der Waals surface area (Å²) in [7, 11) is 0. The fourth-order valence-corrected chi connectivity index (χ4v) is 3.45. The van der Waals surface area contributed by atoms with Gasteiger partial charge in [-0.1, -0.05) is 52.3 Å². The number of amides is 1. The van der Waals surface area contributed by atoms with Gasteiger partial charge in [0, 0.05) is 11.7 Å². The van der Waals surface area contributed by atoms with E-state index in [0.717, 1.165) is 12.2 Å². The summed E-state index contributed by atoms with van der Waals surface area (Å²) in [6.45, 7) is 12.5. The first-order chi connectivity index (χ1) is 10.9. The molecule has 128 valence electrons. The van der Waals surface area contributed by atoms with Crippen LogP contribution in [0.2, 0.25) is 0 Å². The fourth-order valence-electron chi connectivity index (χ4n) is 3.45. The fraction of sp³-hybridized carbons (Fsp3) is 0.650. The minimum atomic E-state index is 0.119. The van der Waals surface area contributed by atoms with Crippen LogP contribution in [-0.4, -0.2) is 29.9 Å². The van der Waals surface area contributed by atoms with Crippen LogP contribution >= 0.6 is 0 Å². The molecule has 1 aliphatic rings. The predicted octanol–water partition coefficient (Wildman–Crippen LogP) is 4.75. The molecule has 1 aliphatic heterocycles. The zero-order valence-corrected chi connectivity index (χ0v) is 15.4. The van der Waals surface area contributed by atoms with Crippen LogP contribution in [0.4, 0.5) is 5.69 Å². The molecule has 1 fully saturated rings. The van der Waals surface area contributed by atoms with Gasteiger partial charge in [-0.2, -0.15) is 0 Å². The Morgan fingerprint density at radius 1 is 1.17 bits per heavy atom. The zero-order chi connectivity index (χ0) is 17.0. The average molecular weight is 316 g/mol. The number of piperidine rings is 1. The Morgan fingerprint density at radius 2 is 1.78 bits per heavy atom. The second kappa shape index (κ2) is 7.96. The van der Waals surface area contributed by atoms with Crippen LogP contribution in [0.1, 0.15) is 76.8 Å². The zero-order valence-electron chi connectivity index (χ0n) is 15.4. The number of hydrogen-bond acceptors (Lipinski definition) is 2. The van der Waals surface area contributed by atoms with Crippen LogP contribution in [0.25, 0.3) is 0 Å². The second-order valence-corrected chi connectivity index (χ2v) is 7.48. The Hall–Kier alpha value is -1.35. The van der Waals surface area contributed by atoms with Crippen molar-refractivity contribution in [1.29, 1.82) is 0 Å². The molecule has 1 atom stereocenters. The molecule has 23 heavy (non-hydrogen) atoms. The molecule has 1 amide bonds. The molecule has 0 unspecified atom stereocenters. The van der Waals surface area contributed by atoms with Crippen LogP contribution in [0.3, 0.4) is 0 Å². The van der Waals surface area contributed by atoms with Crippen molar-refractivity contribution in [3.05, 3.63) is 29.3 Å². The third-order valence-electron chi connectivity index (χ3n) is 4.92. The number of likely N-dealkylation sites (tertiary alicyclic amines) is 1. The maximum Gasteiger partial charge on any atom is 0.238 e. The molecule has 0 aromatic heterocycles. The normalized spacial score (nSPS) is 19.3. The molecule has 0 aliphatic carbocycles. The number of benzene rings is 1. The van der Waals surface area contributed by atoms with Gasteiger partial charge in [0.15, 0.2) is 0 Å². The maximum absolute atomic E-state index is 12.6. The third kappa shape index (κ3) is 4.57. The van der Waals surface area contributed by atoms with Crippen LogP contribution in [0.5, 0.6) is 0 Å². The molecular weight excluding hydrogens is 284 g/mol. The highest BCUT2D eigenvalue weighted by atomic mass is 16.2. The first-order valence-electron chi connectivity index (χ1n) is 9.06. The quantitative estimate of drug-likeness (QED) is 0.850. The SMILES string of the molecule is CC(C)c1cccc(C(C)C)c1NC(=O)CN1CCCC[C@@H]1C. The monoisotopic (exact) mass is 316 g/mol. The van der Waals surface area contributed by atoms with Crippen molar-refractivity contribution in [2.24, 2.45) is 0 Å². The minimum Gasteiger partial charge on any atom is -0.324 e. The predicted molar refractivity (Wildman–Crippen MR) is 98.1 cm³/mol. The van der Waals surface area contributed by atoms with E-state index in [1.807, 2.05) is 0 Å². The molecule has 1 saturated heterocycles. The van der Waals surface area contributed by atoms with Crippen LogP contribution in [0.15, 0.2) is 18.2 Å². The van der Waals surface area contributed by atoms with Crippen molar-refractivity contribution in [3.63, 3.8) is 0 Å². The number of hydrogen-bond donors (Lipinski definition) is 1. The number of anilines is 1. The standard InChI is InChI=1S/C20H32N2O/c1-14(2)17-10-8-11-18(15(3)4)20(17)21-19(23)13-22-12-7-6-9-16(22)5/h8,10-11,14-16H,6-7,9,12-13H2,1-5H3,(H,21,23)/t16-/m0/s1. The lowest BCUT2D eigenvalue weighted by atomic mass is 9.92. The van der Waals surface area contributed by atoms with Crippen molar-refractivity contribution >= 4 is 11.6 Å². The average Bonchev–Trinajstić information content (AvgIpc) is 2.49. The van der Waals surface area contributed by atoms with E-state index in [0.29, 0.717) is 24.4 Å². The van der Waals surface area contributed by atoms with E-state index < -0.39 is 0 Å². The summed E-state index contributed by atoms with van der Waals surface area (Å²) in [6, 6.07) is 6.89. The van der Waals surface area contributed by atoms with Crippen LogP contribution in [0, 0.1) is 0 Å². The van der Waals surface area contributed by atoms with Gasteiger partial charge >= 0.3 is 0 Å². The Morgan fingerprint density at radius 3 is 2.30 bits per heavy atom. The smallest absolute Gasteiger partial charge is 0.238 e. The van der Waals surface area contributed by atoms with Gasteiger partial charge in [-0.3, -0.25) is 9.69 Å². The molecule has 1 aromatic carbocycles. The molecule has 1 heterocycles. The molecule has 3 nitrogen and oxygen atoms in total. The van der Waals surface area contributed by atoms with Gasteiger partial charge in [0.05, 0.1) is 6.54 Å². The van der Waals surface area contributed by atoms with Crippen molar-refractivity contribution < 1.29 is 4.79 Å². The van der Waals surface area contributed by atoms with Gasteiger partial charge in [-0.05, 0) is 49.3 Å². The Balaban J connectivity index is 2.16. The van der Waals surface area contributed by atoms with E-state index in [4.69, 9.17) is 0 Å².